The van der Waals surface area contributed by atoms with Crippen LogP contribution < -0.4 is 0 Å². The standard InChI is InChI=1S/C26H21NO5/c1-17(23(28)19-12-6-3-7-13-19)32-26(31)22(16-18-10-4-2-5-11-18)27-24(29)20-14-8-9-15-21(20)25(27)30/h2-15,17,22H,16H2,1H3. The minimum absolute atomic E-state index is 0.0807. The van der Waals surface area contributed by atoms with Gasteiger partial charge >= 0.3 is 5.97 Å². The van der Waals surface area contributed by atoms with Crippen LogP contribution in [0.3, 0.4) is 0 Å². The lowest BCUT2D eigenvalue weighted by Gasteiger charge is -2.26. The lowest BCUT2D eigenvalue weighted by molar-refractivity contribution is -0.151. The van der Waals surface area contributed by atoms with Crippen LogP contribution in [0.15, 0.2) is 84.9 Å². The smallest absolute Gasteiger partial charge is 0.330 e. The Morgan fingerprint density at radius 2 is 1.28 bits per heavy atom. The molecule has 3 aromatic rings. The van der Waals surface area contributed by atoms with Crippen molar-refractivity contribution in [3.05, 3.63) is 107 Å². The summed E-state index contributed by atoms with van der Waals surface area (Å²) in [6.45, 7) is 1.48. The Bertz CT molecular complexity index is 1140. The molecule has 0 bridgehead atoms. The minimum Gasteiger partial charge on any atom is -0.453 e. The zero-order chi connectivity index (χ0) is 22.7. The third kappa shape index (κ3) is 4.07. The molecule has 0 aromatic heterocycles. The molecule has 0 N–H and O–H groups in total. The van der Waals surface area contributed by atoms with Crippen molar-refractivity contribution in [2.24, 2.45) is 0 Å². The Labute approximate surface area is 185 Å². The molecule has 4 rings (SSSR count). The van der Waals surface area contributed by atoms with Crippen molar-refractivity contribution in [3.8, 4) is 0 Å². The first-order valence-electron chi connectivity index (χ1n) is 10.3. The maximum Gasteiger partial charge on any atom is 0.330 e. The molecule has 6 nitrogen and oxygen atoms in total. The van der Waals surface area contributed by atoms with E-state index in [4.69, 9.17) is 4.74 Å². The predicted molar refractivity (Wildman–Crippen MR) is 117 cm³/mol. The van der Waals surface area contributed by atoms with E-state index in [9.17, 15) is 19.2 Å². The highest BCUT2D eigenvalue weighted by Gasteiger charge is 2.44. The highest BCUT2D eigenvalue weighted by Crippen LogP contribution is 2.27. The van der Waals surface area contributed by atoms with Gasteiger partial charge in [0.2, 0.25) is 5.78 Å². The number of fused-ring (bicyclic) bond motifs is 1. The number of rotatable bonds is 7. The zero-order valence-corrected chi connectivity index (χ0v) is 17.4. The number of nitrogens with zero attached hydrogens (tertiary/aromatic N) is 1. The number of imide groups is 1. The van der Waals surface area contributed by atoms with Crippen molar-refractivity contribution in [3.63, 3.8) is 0 Å². The van der Waals surface area contributed by atoms with Gasteiger partial charge in [0.25, 0.3) is 11.8 Å². The van der Waals surface area contributed by atoms with E-state index in [2.05, 4.69) is 0 Å². The number of carbonyl (C=O) groups is 4. The minimum atomic E-state index is -1.20. The van der Waals surface area contributed by atoms with Crippen molar-refractivity contribution in [2.45, 2.75) is 25.5 Å². The second-order valence-corrected chi connectivity index (χ2v) is 7.54. The fourth-order valence-electron chi connectivity index (χ4n) is 3.75. The molecule has 0 fully saturated rings. The second-order valence-electron chi connectivity index (χ2n) is 7.54. The van der Waals surface area contributed by atoms with Crippen molar-refractivity contribution in [1.82, 2.24) is 4.90 Å². The molecule has 0 saturated carbocycles. The number of benzene rings is 3. The summed E-state index contributed by atoms with van der Waals surface area (Å²) in [7, 11) is 0. The molecule has 6 heteroatoms. The molecule has 2 unspecified atom stereocenters. The summed E-state index contributed by atoms with van der Waals surface area (Å²) >= 11 is 0. The lowest BCUT2D eigenvalue weighted by atomic mass is 10.0. The zero-order valence-electron chi connectivity index (χ0n) is 17.4. The molecule has 0 saturated heterocycles. The Kier molecular flexibility index (Phi) is 5.94. The Morgan fingerprint density at radius 1 is 0.781 bits per heavy atom. The van der Waals surface area contributed by atoms with E-state index in [-0.39, 0.29) is 23.3 Å². The Balaban J connectivity index is 1.61. The van der Waals surface area contributed by atoms with Gasteiger partial charge in [0, 0.05) is 12.0 Å². The van der Waals surface area contributed by atoms with Crippen LogP contribution in [0.5, 0.6) is 0 Å². The summed E-state index contributed by atoms with van der Waals surface area (Å²) in [5.41, 5.74) is 1.66. The van der Waals surface area contributed by atoms with E-state index in [0.29, 0.717) is 5.56 Å². The number of hydrogen-bond acceptors (Lipinski definition) is 5. The van der Waals surface area contributed by atoms with E-state index >= 15 is 0 Å². The van der Waals surface area contributed by atoms with Gasteiger partial charge in [-0.25, -0.2) is 4.79 Å². The van der Waals surface area contributed by atoms with Gasteiger partial charge in [0.05, 0.1) is 11.1 Å². The van der Waals surface area contributed by atoms with Crippen LogP contribution in [-0.4, -0.2) is 40.6 Å². The van der Waals surface area contributed by atoms with Gasteiger partial charge in [0.15, 0.2) is 6.10 Å². The maximum atomic E-state index is 13.2. The summed E-state index contributed by atoms with van der Waals surface area (Å²) in [4.78, 5) is 52.8. The number of carbonyl (C=O) groups excluding carboxylic acids is 4. The van der Waals surface area contributed by atoms with Gasteiger partial charge in [-0.15, -0.1) is 0 Å². The molecule has 2 atom stereocenters. The average molecular weight is 427 g/mol. The molecule has 0 aliphatic carbocycles. The molecular weight excluding hydrogens is 406 g/mol. The summed E-state index contributed by atoms with van der Waals surface area (Å²) in [6, 6.07) is 22.8. The molecule has 3 aromatic carbocycles. The second kappa shape index (κ2) is 8.98. The summed E-state index contributed by atoms with van der Waals surface area (Å²) in [6.07, 6.45) is -0.990. The quantitative estimate of drug-likeness (QED) is 0.326. The lowest BCUT2D eigenvalue weighted by Crippen LogP contribution is -2.48. The van der Waals surface area contributed by atoms with E-state index in [1.54, 1.807) is 66.7 Å². The van der Waals surface area contributed by atoms with Gasteiger partial charge < -0.3 is 4.74 Å². The topological polar surface area (TPSA) is 80.8 Å². The monoisotopic (exact) mass is 427 g/mol. The van der Waals surface area contributed by atoms with Crippen LogP contribution in [0.1, 0.15) is 43.6 Å². The molecule has 1 heterocycles. The van der Waals surface area contributed by atoms with Crippen LogP contribution in [-0.2, 0) is 16.0 Å². The molecule has 32 heavy (non-hydrogen) atoms. The third-order valence-corrected chi connectivity index (χ3v) is 5.40. The molecule has 1 aliphatic rings. The first-order chi connectivity index (χ1) is 15.5. The number of hydrogen-bond donors (Lipinski definition) is 0. The van der Waals surface area contributed by atoms with Gasteiger partial charge in [0.1, 0.15) is 6.04 Å². The first-order valence-corrected chi connectivity index (χ1v) is 10.3. The Morgan fingerprint density at radius 3 is 1.84 bits per heavy atom. The maximum absolute atomic E-state index is 13.2. The highest BCUT2D eigenvalue weighted by atomic mass is 16.5. The summed E-state index contributed by atoms with van der Waals surface area (Å²) < 4.78 is 5.47. The van der Waals surface area contributed by atoms with Gasteiger partial charge in [-0.3, -0.25) is 19.3 Å². The van der Waals surface area contributed by atoms with Gasteiger partial charge in [-0.2, -0.15) is 0 Å². The molecule has 1 aliphatic heterocycles. The van der Waals surface area contributed by atoms with Crippen molar-refractivity contribution < 1.29 is 23.9 Å². The predicted octanol–water partition coefficient (Wildman–Crippen LogP) is 3.71. The normalized spacial score (nSPS) is 14.6. The number of esters is 1. The van der Waals surface area contributed by atoms with Crippen LogP contribution in [0, 0.1) is 0 Å². The van der Waals surface area contributed by atoms with E-state index in [1.807, 2.05) is 18.2 Å². The molecule has 0 spiro atoms. The molecule has 0 radical (unpaired) electrons. The Hall–Kier alpha value is -4.06. The largest absolute Gasteiger partial charge is 0.453 e. The fraction of sp³-hybridized carbons (Fsp3) is 0.154. The highest BCUT2D eigenvalue weighted by molar-refractivity contribution is 6.22. The number of ketones is 1. The van der Waals surface area contributed by atoms with Gasteiger partial charge in [-0.05, 0) is 24.6 Å². The van der Waals surface area contributed by atoms with E-state index in [1.165, 1.54) is 6.92 Å². The van der Waals surface area contributed by atoms with Crippen molar-refractivity contribution in [1.29, 1.82) is 0 Å². The first kappa shape index (κ1) is 21.2. The van der Waals surface area contributed by atoms with Crippen LogP contribution >= 0.6 is 0 Å². The third-order valence-electron chi connectivity index (χ3n) is 5.40. The number of amides is 2. The molecule has 2 amide bonds. The van der Waals surface area contributed by atoms with Crippen molar-refractivity contribution >= 4 is 23.6 Å². The SMILES string of the molecule is CC(OC(=O)C(Cc1ccccc1)N1C(=O)c2ccccc2C1=O)C(=O)c1ccccc1. The fourth-order valence-corrected chi connectivity index (χ4v) is 3.75. The van der Waals surface area contributed by atoms with Crippen molar-refractivity contribution in [2.75, 3.05) is 0 Å². The van der Waals surface area contributed by atoms with Crippen LogP contribution in [0.2, 0.25) is 0 Å². The van der Waals surface area contributed by atoms with Gasteiger partial charge in [-0.1, -0.05) is 72.8 Å². The molecular formula is C26H21NO5. The molecule has 160 valence electrons. The average Bonchev–Trinajstić information content (AvgIpc) is 3.08. The van der Waals surface area contributed by atoms with E-state index < -0.39 is 29.9 Å². The number of Topliss-reactive ketones (excluding diaryl/α,β-unsaturated/α-hetero) is 1. The van der Waals surface area contributed by atoms with Crippen LogP contribution in [0.4, 0.5) is 0 Å². The van der Waals surface area contributed by atoms with Crippen LogP contribution in [0.25, 0.3) is 0 Å². The van der Waals surface area contributed by atoms with E-state index in [0.717, 1.165) is 10.5 Å². The summed E-state index contributed by atoms with van der Waals surface area (Å²) in [5.74, 6) is -2.27. The summed E-state index contributed by atoms with van der Waals surface area (Å²) in [5, 5.41) is 0. The number of ether oxygens (including phenoxy) is 1.